The molecule has 2 heterocycles. The van der Waals surface area contributed by atoms with Gasteiger partial charge in [0, 0.05) is 0 Å². The summed E-state index contributed by atoms with van der Waals surface area (Å²) >= 11 is 7.48. The summed E-state index contributed by atoms with van der Waals surface area (Å²) in [5.41, 5.74) is 7.25. The molecule has 0 saturated carbocycles. The van der Waals surface area contributed by atoms with Crippen molar-refractivity contribution in [2.24, 2.45) is 5.73 Å². The molecule has 0 spiro atoms. The third-order valence-electron chi connectivity index (χ3n) is 3.77. The lowest BCUT2D eigenvalue weighted by Gasteiger charge is -2.06. The molecule has 0 saturated heterocycles. The van der Waals surface area contributed by atoms with Crippen molar-refractivity contribution in [3.05, 3.63) is 67.9 Å². The van der Waals surface area contributed by atoms with Gasteiger partial charge in [-0.25, -0.2) is 9.38 Å². The van der Waals surface area contributed by atoms with E-state index in [1.54, 1.807) is 28.7 Å². The van der Waals surface area contributed by atoms with Crippen molar-refractivity contribution in [2.45, 2.75) is 0 Å². The normalized spacial score (nSPS) is 12.1. The van der Waals surface area contributed by atoms with Crippen molar-refractivity contribution in [3.63, 3.8) is 0 Å². The minimum absolute atomic E-state index is 0.121. The van der Waals surface area contributed by atoms with Crippen molar-refractivity contribution in [2.75, 3.05) is 6.61 Å². The van der Waals surface area contributed by atoms with Crippen LogP contribution in [0, 0.1) is 0 Å². The summed E-state index contributed by atoms with van der Waals surface area (Å²) in [6.07, 6.45) is 1.75. The van der Waals surface area contributed by atoms with Gasteiger partial charge in [0.05, 0.1) is 20.6 Å². The maximum atomic E-state index is 12.7. The number of amides is 1. The van der Waals surface area contributed by atoms with Gasteiger partial charge < -0.3 is 10.5 Å². The van der Waals surface area contributed by atoms with E-state index in [0.717, 1.165) is 16.6 Å². The molecule has 4 aromatic rings. The Morgan fingerprint density at radius 2 is 2.12 bits per heavy atom. The molecule has 2 N–H and O–H groups in total. The SMILES string of the molecule is NC(=O)COc1ccc(C=c2sc3nc4ccccc4n3c2=O)cc1Cl. The highest BCUT2D eigenvalue weighted by atomic mass is 35.5. The first kappa shape index (κ1) is 16.6. The zero-order valence-electron chi connectivity index (χ0n) is 13.3. The van der Waals surface area contributed by atoms with Gasteiger partial charge >= 0.3 is 0 Å². The largest absolute Gasteiger partial charge is 0.482 e. The molecule has 0 atom stereocenters. The van der Waals surface area contributed by atoms with Crippen LogP contribution < -0.4 is 20.6 Å². The van der Waals surface area contributed by atoms with E-state index >= 15 is 0 Å². The third-order valence-corrected chi connectivity index (χ3v) is 5.03. The molecule has 2 aromatic heterocycles. The Morgan fingerprint density at radius 1 is 1.31 bits per heavy atom. The smallest absolute Gasteiger partial charge is 0.274 e. The minimum atomic E-state index is -0.582. The fourth-order valence-electron chi connectivity index (χ4n) is 2.64. The van der Waals surface area contributed by atoms with E-state index in [2.05, 4.69) is 4.98 Å². The van der Waals surface area contributed by atoms with Gasteiger partial charge in [-0.05, 0) is 35.9 Å². The highest BCUT2D eigenvalue weighted by Gasteiger charge is 2.11. The van der Waals surface area contributed by atoms with Gasteiger partial charge in [0.2, 0.25) is 0 Å². The number of primary amides is 1. The van der Waals surface area contributed by atoms with Gasteiger partial charge in [-0.15, -0.1) is 0 Å². The lowest BCUT2D eigenvalue weighted by atomic mass is 10.2. The Morgan fingerprint density at radius 3 is 2.88 bits per heavy atom. The molecular formula is C18H12ClN3O3S. The first-order chi connectivity index (χ1) is 12.5. The summed E-state index contributed by atoms with van der Waals surface area (Å²) in [4.78, 5) is 28.6. The van der Waals surface area contributed by atoms with E-state index in [1.807, 2.05) is 24.3 Å². The fourth-order valence-corrected chi connectivity index (χ4v) is 3.87. The van der Waals surface area contributed by atoms with Crippen molar-refractivity contribution in [1.82, 2.24) is 9.38 Å². The predicted molar refractivity (Wildman–Crippen MR) is 102 cm³/mol. The van der Waals surface area contributed by atoms with Crippen LogP contribution in [0.2, 0.25) is 5.02 Å². The molecule has 1 amide bonds. The Kier molecular flexibility index (Phi) is 4.10. The van der Waals surface area contributed by atoms with Gasteiger partial charge in [0.25, 0.3) is 11.5 Å². The van der Waals surface area contributed by atoms with Crippen LogP contribution in [-0.2, 0) is 4.79 Å². The maximum absolute atomic E-state index is 12.7. The molecule has 8 heteroatoms. The number of nitrogens with two attached hydrogens (primary N) is 1. The summed E-state index contributed by atoms with van der Waals surface area (Å²) in [6.45, 7) is -0.247. The summed E-state index contributed by atoms with van der Waals surface area (Å²) in [5.74, 6) is -0.223. The second-order valence-corrected chi connectivity index (χ2v) is 7.00. The number of ether oxygens (including phenoxy) is 1. The van der Waals surface area contributed by atoms with Crippen molar-refractivity contribution in [3.8, 4) is 5.75 Å². The number of imidazole rings is 1. The molecule has 4 rings (SSSR count). The molecule has 0 bridgehead atoms. The number of carbonyl (C=O) groups is 1. The fraction of sp³-hybridized carbons (Fsp3) is 0.0556. The highest BCUT2D eigenvalue weighted by Crippen LogP contribution is 2.25. The summed E-state index contributed by atoms with van der Waals surface area (Å²) < 4.78 is 7.38. The van der Waals surface area contributed by atoms with Gasteiger partial charge in [0.1, 0.15) is 5.75 Å². The number of para-hydroxylation sites is 2. The highest BCUT2D eigenvalue weighted by molar-refractivity contribution is 7.15. The van der Waals surface area contributed by atoms with Gasteiger partial charge in [-0.2, -0.15) is 0 Å². The van der Waals surface area contributed by atoms with Crippen LogP contribution in [0.3, 0.4) is 0 Å². The quantitative estimate of drug-likeness (QED) is 0.582. The molecule has 0 aliphatic heterocycles. The lowest BCUT2D eigenvalue weighted by Crippen LogP contribution is -2.22. The van der Waals surface area contributed by atoms with E-state index < -0.39 is 5.91 Å². The summed E-state index contributed by atoms with van der Waals surface area (Å²) in [5, 5.41) is 0.333. The van der Waals surface area contributed by atoms with Gasteiger partial charge in [0.15, 0.2) is 11.6 Å². The van der Waals surface area contributed by atoms with Crippen molar-refractivity contribution < 1.29 is 9.53 Å². The van der Waals surface area contributed by atoms with Crippen LogP contribution in [0.15, 0.2) is 47.3 Å². The number of thiazole rings is 1. The first-order valence-corrected chi connectivity index (χ1v) is 8.85. The molecule has 0 aliphatic rings. The Bertz CT molecular complexity index is 1260. The number of aromatic nitrogens is 2. The third kappa shape index (κ3) is 2.91. The number of carbonyl (C=O) groups excluding carboxylic acids is 1. The van der Waals surface area contributed by atoms with Crippen LogP contribution in [0.25, 0.3) is 22.1 Å². The van der Waals surface area contributed by atoms with Gasteiger partial charge in [-0.3, -0.25) is 9.59 Å². The number of benzene rings is 2. The van der Waals surface area contributed by atoms with E-state index in [9.17, 15) is 9.59 Å². The molecule has 2 aromatic carbocycles. The summed E-state index contributed by atoms with van der Waals surface area (Å²) in [7, 11) is 0. The summed E-state index contributed by atoms with van der Waals surface area (Å²) in [6, 6.07) is 12.6. The van der Waals surface area contributed by atoms with Crippen LogP contribution in [0.4, 0.5) is 0 Å². The second kappa shape index (κ2) is 6.44. The molecule has 0 aliphatic carbocycles. The average Bonchev–Trinajstić information content (AvgIpc) is 3.11. The maximum Gasteiger partial charge on any atom is 0.274 e. The van der Waals surface area contributed by atoms with Crippen LogP contribution in [0.1, 0.15) is 5.56 Å². The Hall–Kier alpha value is -2.90. The molecule has 6 nitrogen and oxygen atoms in total. The average molecular weight is 386 g/mol. The van der Waals surface area contributed by atoms with E-state index in [1.165, 1.54) is 11.3 Å². The van der Waals surface area contributed by atoms with E-state index in [-0.39, 0.29) is 12.2 Å². The monoisotopic (exact) mass is 385 g/mol. The molecule has 0 radical (unpaired) electrons. The number of hydrogen-bond acceptors (Lipinski definition) is 5. The van der Waals surface area contributed by atoms with E-state index in [0.29, 0.717) is 20.3 Å². The second-order valence-electron chi connectivity index (χ2n) is 5.58. The zero-order chi connectivity index (χ0) is 18.3. The number of hydrogen-bond donors (Lipinski definition) is 1. The molecule has 0 unspecified atom stereocenters. The zero-order valence-corrected chi connectivity index (χ0v) is 14.9. The molecule has 26 heavy (non-hydrogen) atoms. The van der Waals surface area contributed by atoms with Gasteiger partial charge in [-0.1, -0.05) is 41.1 Å². The number of halogens is 1. The molecule has 0 fully saturated rings. The van der Waals surface area contributed by atoms with Crippen molar-refractivity contribution >= 4 is 50.9 Å². The standard InChI is InChI=1S/C18H12ClN3O3S/c19-11-7-10(5-6-14(11)25-9-16(20)23)8-15-17(24)22-13-4-2-1-3-12(13)21-18(22)26-15/h1-8H,9H2,(H2,20,23). The molecular weight excluding hydrogens is 374 g/mol. The van der Waals surface area contributed by atoms with Crippen LogP contribution in [-0.4, -0.2) is 21.9 Å². The number of fused-ring (bicyclic) bond motifs is 3. The first-order valence-electron chi connectivity index (χ1n) is 7.65. The Labute approximate surface area is 156 Å². The number of rotatable bonds is 4. The molecule has 130 valence electrons. The lowest BCUT2D eigenvalue weighted by molar-refractivity contribution is -0.119. The Balaban J connectivity index is 1.76. The number of nitrogens with zero attached hydrogens (tertiary/aromatic N) is 2. The van der Waals surface area contributed by atoms with Crippen LogP contribution >= 0.6 is 22.9 Å². The minimum Gasteiger partial charge on any atom is -0.482 e. The van der Waals surface area contributed by atoms with Crippen LogP contribution in [0.5, 0.6) is 5.75 Å². The predicted octanol–water partition coefficient (Wildman–Crippen LogP) is 1.97. The topological polar surface area (TPSA) is 86.7 Å². The van der Waals surface area contributed by atoms with E-state index in [4.69, 9.17) is 22.1 Å². The van der Waals surface area contributed by atoms with Crippen molar-refractivity contribution in [1.29, 1.82) is 0 Å².